The fourth-order valence-corrected chi connectivity index (χ4v) is 3.14. The molecule has 0 aliphatic rings. The summed E-state index contributed by atoms with van der Waals surface area (Å²) in [6, 6.07) is 13.4. The van der Waals surface area contributed by atoms with Gasteiger partial charge in [0.05, 0.1) is 25.2 Å². The lowest BCUT2D eigenvalue weighted by Gasteiger charge is -2.16. The molecule has 0 heterocycles. The van der Waals surface area contributed by atoms with Crippen molar-refractivity contribution < 1.29 is 19.1 Å². The van der Waals surface area contributed by atoms with Gasteiger partial charge in [0, 0.05) is 13.0 Å². The minimum absolute atomic E-state index is 0.121. The fourth-order valence-electron chi connectivity index (χ4n) is 2.86. The van der Waals surface area contributed by atoms with Crippen LogP contribution in [-0.2, 0) is 27.2 Å². The zero-order valence-electron chi connectivity index (χ0n) is 16.5. The summed E-state index contributed by atoms with van der Waals surface area (Å²) < 4.78 is 10.0. The van der Waals surface area contributed by atoms with Crippen LogP contribution in [0.15, 0.2) is 42.5 Å². The van der Waals surface area contributed by atoms with Gasteiger partial charge in [-0.2, -0.15) is 0 Å². The van der Waals surface area contributed by atoms with Crippen molar-refractivity contribution in [3.63, 3.8) is 0 Å². The third kappa shape index (κ3) is 6.57. The first-order valence-electron chi connectivity index (χ1n) is 9.15. The van der Waals surface area contributed by atoms with Crippen LogP contribution >= 0.6 is 11.6 Å². The number of nitrogens with one attached hydrogen (secondary N) is 1. The molecule has 28 heavy (non-hydrogen) atoms. The van der Waals surface area contributed by atoms with Gasteiger partial charge in [0.25, 0.3) is 0 Å². The molecule has 5 nitrogen and oxygen atoms in total. The van der Waals surface area contributed by atoms with E-state index in [1.54, 1.807) is 19.2 Å². The van der Waals surface area contributed by atoms with Gasteiger partial charge in [-0.15, -0.1) is 0 Å². The molecule has 0 saturated carbocycles. The molecular formula is C22H26ClNO4. The third-order valence-electron chi connectivity index (χ3n) is 4.54. The number of rotatable bonds is 9. The van der Waals surface area contributed by atoms with Crippen LogP contribution in [0.2, 0.25) is 5.02 Å². The monoisotopic (exact) mass is 403 g/mol. The molecule has 0 aliphatic carbocycles. The number of ether oxygens (including phenoxy) is 2. The molecular weight excluding hydrogens is 378 g/mol. The van der Waals surface area contributed by atoms with Gasteiger partial charge in [-0.25, -0.2) is 0 Å². The normalized spacial score (nSPS) is 11.6. The number of hydrogen-bond donors (Lipinski definition) is 1. The highest BCUT2D eigenvalue weighted by molar-refractivity contribution is 6.32. The first-order chi connectivity index (χ1) is 13.4. The lowest BCUT2D eigenvalue weighted by Crippen LogP contribution is -2.34. The Kier molecular flexibility index (Phi) is 8.33. The van der Waals surface area contributed by atoms with Crippen molar-refractivity contribution >= 4 is 23.5 Å². The Balaban J connectivity index is 1.87. The minimum Gasteiger partial charge on any atom is -0.495 e. The summed E-state index contributed by atoms with van der Waals surface area (Å²) in [6.07, 6.45) is 1.37. The number of benzene rings is 2. The number of aryl methyl sites for hydroxylation is 2. The van der Waals surface area contributed by atoms with E-state index in [0.29, 0.717) is 30.0 Å². The van der Waals surface area contributed by atoms with Crippen molar-refractivity contribution in [2.75, 3.05) is 20.8 Å². The number of esters is 1. The van der Waals surface area contributed by atoms with Crippen LogP contribution < -0.4 is 10.1 Å². The molecule has 1 amide bonds. The lowest BCUT2D eigenvalue weighted by molar-refractivity contribution is -0.145. The molecule has 0 aromatic heterocycles. The van der Waals surface area contributed by atoms with Crippen LogP contribution in [0.3, 0.4) is 0 Å². The minimum atomic E-state index is -0.424. The Labute approximate surface area is 171 Å². The van der Waals surface area contributed by atoms with E-state index in [2.05, 4.69) is 5.32 Å². The van der Waals surface area contributed by atoms with Gasteiger partial charge in [0.2, 0.25) is 5.91 Å². The predicted molar refractivity (Wildman–Crippen MR) is 110 cm³/mol. The molecule has 0 bridgehead atoms. The molecule has 2 aromatic carbocycles. The zero-order valence-corrected chi connectivity index (χ0v) is 17.2. The van der Waals surface area contributed by atoms with Crippen LogP contribution in [0.5, 0.6) is 5.75 Å². The molecule has 1 unspecified atom stereocenters. The number of hydrogen-bond acceptors (Lipinski definition) is 4. The van der Waals surface area contributed by atoms with E-state index in [1.807, 2.05) is 37.3 Å². The Hall–Kier alpha value is -2.53. The molecule has 0 saturated heterocycles. The number of methoxy groups -OCH3 is 2. The van der Waals surface area contributed by atoms with Crippen LogP contribution in [0, 0.1) is 12.8 Å². The molecule has 0 fully saturated rings. The average molecular weight is 404 g/mol. The van der Waals surface area contributed by atoms with Crippen LogP contribution in [0.1, 0.15) is 23.1 Å². The maximum atomic E-state index is 12.2. The van der Waals surface area contributed by atoms with Gasteiger partial charge in [-0.05, 0) is 43.0 Å². The van der Waals surface area contributed by atoms with E-state index in [4.69, 9.17) is 21.1 Å². The molecule has 2 rings (SSSR count). The van der Waals surface area contributed by atoms with Crippen molar-refractivity contribution in [1.29, 1.82) is 0 Å². The fraction of sp³-hybridized carbons (Fsp3) is 0.364. The Morgan fingerprint density at radius 3 is 2.36 bits per heavy atom. The summed E-state index contributed by atoms with van der Waals surface area (Å²) in [5, 5.41) is 3.36. The summed E-state index contributed by atoms with van der Waals surface area (Å²) in [4.78, 5) is 24.3. The average Bonchev–Trinajstić information content (AvgIpc) is 2.70. The molecule has 1 N–H and O–H groups in total. The van der Waals surface area contributed by atoms with E-state index < -0.39 is 5.92 Å². The zero-order chi connectivity index (χ0) is 20.5. The van der Waals surface area contributed by atoms with Gasteiger partial charge >= 0.3 is 5.97 Å². The SMILES string of the molecule is COC(=O)C(CNC(=O)CCc1ccc(OC)c(Cl)c1)Cc1ccc(C)cc1. The van der Waals surface area contributed by atoms with E-state index in [9.17, 15) is 9.59 Å². The standard InChI is InChI=1S/C22H26ClNO4/c1-15-4-6-16(7-5-15)12-18(22(26)28-3)14-24-21(25)11-9-17-8-10-20(27-2)19(23)13-17/h4-8,10,13,18H,9,11-12,14H2,1-3H3,(H,24,25). The van der Waals surface area contributed by atoms with Crippen molar-refractivity contribution in [2.24, 2.45) is 5.92 Å². The smallest absolute Gasteiger partial charge is 0.310 e. The first-order valence-corrected chi connectivity index (χ1v) is 9.53. The summed E-state index contributed by atoms with van der Waals surface area (Å²) in [7, 11) is 2.92. The van der Waals surface area contributed by atoms with Gasteiger partial charge in [-0.3, -0.25) is 9.59 Å². The second-order valence-electron chi connectivity index (χ2n) is 6.68. The maximum Gasteiger partial charge on any atom is 0.310 e. The second-order valence-corrected chi connectivity index (χ2v) is 7.09. The van der Waals surface area contributed by atoms with Crippen molar-refractivity contribution in [2.45, 2.75) is 26.2 Å². The van der Waals surface area contributed by atoms with E-state index in [-0.39, 0.29) is 18.4 Å². The number of carbonyl (C=O) groups is 2. The quantitative estimate of drug-likeness (QED) is 0.648. The Morgan fingerprint density at radius 2 is 1.75 bits per heavy atom. The predicted octanol–water partition coefficient (Wildman–Crippen LogP) is 3.74. The summed E-state index contributed by atoms with van der Waals surface area (Å²) in [6.45, 7) is 2.25. The van der Waals surface area contributed by atoms with E-state index in [1.165, 1.54) is 7.11 Å². The lowest BCUT2D eigenvalue weighted by atomic mass is 9.98. The largest absolute Gasteiger partial charge is 0.495 e. The first kappa shape index (κ1) is 21.8. The van der Waals surface area contributed by atoms with Gasteiger partial charge < -0.3 is 14.8 Å². The van der Waals surface area contributed by atoms with E-state index >= 15 is 0 Å². The number of carbonyl (C=O) groups excluding carboxylic acids is 2. The molecule has 0 aliphatic heterocycles. The number of halogens is 1. The van der Waals surface area contributed by atoms with E-state index in [0.717, 1.165) is 16.7 Å². The highest BCUT2D eigenvalue weighted by Crippen LogP contribution is 2.25. The Morgan fingerprint density at radius 1 is 1.07 bits per heavy atom. The Bertz CT molecular complexity index is 805. The van der Waals surface area contributed by atoms with Crippen molar-refractivity contribution in [3.05, 3.63) is 64.2 Å². The third-order valence-corrected chi connectivity index (χ3v) is 4.84. The van der Waals surface area contributed by atoms with Crippen LogP contribution in [0.4, 0.5) is 0 Å². The summed E-state index contributed by atoms with van der Waals surface area (Å²) in [5.74, 6) is -0.272. The molecule has 6 heteroatoms. The topological polar surface area (TPSA) is 64.6 Å². The maximum absolute atomic E-state index is 12.2. The highest BCUT2D eigenvalue weighted by atomic mass is 35.5. The summed E-state index contributed by atoms with van der Waals surface area (Å²) >= 11 is 6.11. The van der Waals surface area contributed by atoms with Gasteiger partial charge in [0.15, 0.2) is 0 Å². The second kappa shape index (κ2) is 10.7. The van der Waals surface area contributed by atoms with Crippen LogP contribution in [-0.4, -0.2) is 32.6 Å². The molecule has 0 radical (unpaired) electrons. The molecule has 1 atom stereocenters. The van der Waals surface area contributed by atoms with Crippen molar-refractivity contribution in [3.8, 4) is 5.75 Å². The van der Waals surface area contributed by atoms with Crippen molar-refractivity contribution in [1.82, 2.24) is 5.32 Å². The van der Waals surface area contributed by atoms with Gasteiger partial charge in [-0.1, -0.05) is 47.5 Å². The molecule has 2 aromatic rings. The highest BCUT2D eigenvalue weighted by Gasteiger charge is 2.20. The summed E-state index contributed by atoms with van der Waals surface area (Å²) in [5.41, 5.74) is 3.14. The molecule has 150 valence electrons. The van der Waals surface area contributed by atoms with Gasteiger partial charge in [0.1, 0.15) is 5.75 Å². The van der Waals surface area contributed by atoms with Crippen LogP contribution in [0.25, 0.3) is 0 Å². The number of amides is 1. The molecule has 0 spiro atoms.